The molecule has 0 fully saturated rings. The first kappa shape index (κ1) is 12.4. The average molecular weight is 191 g/mol. The summed E-state index contributed by atoms with van der Waals surface area (Å²) in [5.41, 5.74) is 1.92. The fraction of sp³-hybridized carbons (Fsp3) is 0.273. The van der Waals surface area contributed by atoms with Crippen molar-refractivity contribution in [2.75, 3.05) is 14.1 Å². The second kappa shape index (κ2) is 6.83. The van der Waals surface area contributed by atoms with Crippen LogP contribution in [0, 0.1) is 0 Å². The van der Waals surface area contributed by atoms with Crippen LogP contribution in [0.4, 0.5) is 0 Å². The quantitative estimate of drug-likeness (QED) is 0.612. The smallest absolute Gasteiger partial charge is 0.0641 e. The van der Waals surface area contributed by atoms with Gasteiger partial charge in [0.05, 0.1) is 5.71 Å². The minimum atomic E-state index is 0.802. The Morgan fingerprint density at radius 1 is 1.29 bits per heavy atom. The molecule has 0 heterocycles. The zero-order valence-electron chi connectivity index (χ0n) is 9.07. The Bertz CT molecular complexity index is 283. The average Bonchev–Trinajstić information content (AvgIpc) is 2.16. The molecule has 76 valence electrons. The lowest BCUT2D eigenvalue weighted by Crippen LogP contribution is -2.09. The van der Waals surface area contributed by atoms with E-state index in [9.17, 15) is 0 Å². The molecule has 0 amide bonds. The molecule has 3 heteroatoms. The molecule has 0 aliphatic rings. The topological polar surface area (TPSA) is 28.0 Å². The zero-order valence-corrected chi connectivity index (χ0v) is 9.07. The van der Waals surface area contributed by atoms with Gasteiger partial charge in [-0.25, -0.2) is 0 Å². The third-order valence-corrected chi connectivity index (χ3v) is 1.67. The largest absolute Gasteiger partial charge is 0.381 e. The maximum atomic E-state index is 4.14. The molecule has 0 aromatic carbocycles. The third-order valence-electron chi connectivity index (χ3n) is 1.67. The minimum absolute atomic E-state index is 0.802. The molecule has 0 rings (SSSR count). The molecule has 3 nitrogen and oxygen atoms in total. The van der Waals surface area contributed by atoms with Crippen molar-refractivity contribution < 1.29 is 0 Å². The van der Waals surface area contributed by atoms with Crippen molar-refractivity contribution >= 4 is 12.4 Å². The van der Waals surface area contributed by atoms with Gasteiger partial charge in [-0.15, -0.1) is 0 Å². The molecule has 0 spiro atoms. The molecule has 0 aliphatic carbocycles. The molecular weight excluding hydrogens is 174 g/mol. The SMILES string of the molecule is C=CC(/C=C(/C)N(C)C)=N\C=C\N=C. The van der Waals surface area contributed by atoms with Crippen molar-refractivity contribution in [3.8, 4) is 0 Å². The normalized spacial score (nSPS) is 13.1. The highest BCUT2D eigenvalue weighted by Gasteiger charge is 1.92. The molecular formula is C11H17N3. The van der Waals surface area contributed by atoms with Gasteiger partial charge in [0, 0.05) is 32.2 Å². The van der Waals surface area contributed by atoms with Gasteiger partial charge in [0.25, 0.3) is 0 Å². The predicted octanol–water partition coefficient (Wildman–Crippen LogP) is 2.25. The van der Waals surface area contributed by atoms with E-state index < -0.39 is 0 Å². The maximum Gasteiger partial charge on any atom is 0.0641 e. The summed E-state index contributed by atoms with van der Waals surface area (Å²) in [7, 11) is 3.96. The summed E-state index contributed by atoms with van der Waals surface area (Å²) in [4.78, 5) is 9.70. The van der Waals surface area contributed by atoms with Crippen LogP contribution in [-0.4, -0.2) is 31.4 Å². The predicted molar refractivity (Wildman–Crippen MR) is 63.8 cm³/mol. The van der Waals surface area contributed by atoms with Gasteiger partial charge in [-0.05, 0) is 25.8 Å². The summed E-state index contributed by atoms with van der Waals surface area (Å²) in [6, 6.07) is 0. The van der Waals surface area contributed by atoms with Crippen molar-refractivity contribution in [2.45, 2.75) is 6.92 Å². The molecule has 0 atom stereocenters. The molecule has 14 heavy (non-hydrogen) atoms. The van der Waals surface area contributed by atoms with Crippen molar-refractivity contribution in [1.29, 1.82) is 0 Å². The Balaban J connectivity index is 4.65. The van der Waals surface area contributed by atoms with Crippen LogP contribution >= 0.6 is 0 Å². The number of aliphatic imine (C=N–C) groups is 2. The lowest BCUT2D eigenvalue weighted by molar-refractivity contribution is 0.514. The second-order valence-electron chi connectivity index (χ2n) is 2.92. The number of hydrogen-bond acceptors (Lipinski definition) is 3. The highest BCUT2D eigenvalue weighted by molar-refractivity contribution is 6.04. The molecule has 0 radical (unpaired) electrons. The molecule has 0 aromatic rings. The van der Waals surface area contributed by atoms with Gasteiger partial charge in [-0.2, -0.15) is 0 Å². The van der Waals surface area contributed by atoms with E-state index in [2.05, 4.69) is 23.3 Å². The van der Waals surface area contributed by atoms with E-state index in [1.165, 1.54) is 6.20 Å². The number of hydrogen-bond donors (Lipinski definition) is 0. The first-order chi connectivity index (χ1) is 6.61. The Morgan fingerprint density at radius 3 is 2.36 bits per heavy atom. The Morgan fingerprint density at radius 2 is 1.93 bits per heavy atom. The fourth-order valence-corrected chi connectivity index (χ4v) is 0.659. The molecule has 0 saturated heterocycles. The highest BCUT2D eigenvalue weighted by Crippen LogP contribution is 1.98. The van der Waals surface area contributed by atoms with Gasteiger partial charge in [0.2, 0.25) is 0 Å². The van der Waals surface area contributed by atoms with E-state index in [0.717, 1.165) is 11.4 Å². The fourth-order valence-electron chi connectivity index (χ4n) is 0.659. The zero-order chi connectivity index (χ0) is 11.0. The van der Waals surface area contributed by atoms with Crippen LogP contribution in [0.1, 0.15) is 6.92 Å². The van der Waals surface area contributed by atoms with Crippen LogP contribution in [0.3, 0.4) is 0 Å². The van der Waals surface area contributed by atoms with Gasteiger partial charge in [-0.3, -0.25) is 9.98 Å². The molecule has 0 bridgehead atoms. The summed E-state index contributed by atoms with van der Waals surface area (Å²) >= 11 is 0. The van der Waals surface area contributed by atoms with E-state index >= 15 is 0 Å². The van der Waals surface area contributed by atoms with E-state index in [1.807, 2.05) is 32.0 Å². The summed E-state index contributed by atoms with van der Waals surface area (Å²) in [5.74, 6) is 0. The van der Waals surface area contributed by atoms with Gasteiger partial charge in [-0.1, -0.05) is 6.58 Å². The van der Waals surface area contributed by atoms with Crippen LogP contribution in [0.25, 0.3) is 0 Å². The summed E-state index contributed by atoms with van der Waals surface area (Å²) < 4.78 is 0. The Kier molecular flexibility index (Phi) is 6.03. The summed E-state index contributed by atoms with van der Waals surface area (Å²) in [6.07, 6.45) is 6.76. The van der Waals surface area contributed by atoms with E-state index in [4.69, 9.17) is 0 Å². The summed E-state index contributed by atoms with van der Waals surface area (Å²) in [5, 5.41) is 0. The standard InChI is InChI=1S/C11H17N3/c1-6-11(13-8-7-12-3)9-10(2)14(4)5/h6-9H,1,3H2,2,4-5H3/b8-7+,10-9-,13-11+. The van der Waals surface area contributed by atoms with Crippen molar-refractivity contribution in [3.05, 3.63) is 36.8 Å². The monoisotopic (exact) mass is 191 g/mol. The first-order valence-electron chi connectivity index (χ1n) is 4.28. The molecule has 0 unspecified atom stereocenters. The lowest BCUT2D eigenvalue weighted by Gasteiger charge is -2.11. The second-order valence-corrected chi connectivity index (χ2v) is 2.92. The third kappa shape index (κ3) is 5.09. The van der Waals surface area contributed by atoms with Crippen molar-refractivity contribution in [2.24, 2.45) is 9.98 Å². The van der Waals surface area contributed by atoms with Gasteiger partial charge in [0.1, 0.15) is 0 Å². The lowest BCUT2D eigenvalue weighted by atomic mass is 10.3. The van der Waals surface area contributed by atoms with Crippen LogP contribution in [0.15, 0.2) is 46.8 Å². The minimum Gasteiger partial charge on any atom is -0.381 e. The molecule has 0 aliphatic heterocycles. The maximum absolute atomic E-state index is 4.14. The van der Waals surface area contributed by atoms with Crippen LogP contribution in [-0.2, 0) is 0 Å². The Hall–Kier alpha value is -1.64. The molecule has 0 aromatic heterocycles. The van der Waals surface area contributed by atoms with E-state index in [-0.39, 0.29) is 0 Å². The van der Waals surface area contributed by atoms with Crippen LogP contribution in [0.2, 0.25) is 0 Å². The van der Waals surface area contributed by atoms with Gasteiger partial charge in [0.15, 0.2) is 0 Å². The van der Waals surface area contributed by atoms with E-state index in [1.54, 1.807) is 12.3 Å². The van der Waals surface area contributed by atoms with Crippen LogP contribution < -0.4 is 0 Å². The van der Waals surface area contributed by atoms with Gasteiger partial charge >= 0.3 is 0 Å². The first-order valence-corrected chi connectivity index (χ1v) is 4.28. The summed E-state index contributed by atoms with van der Waals surface area (Å²) in [6.45, 7) is 9.00. The number of rotatable bonds is 5. The number of nitrogens with zero attached hydrogens (tertiary/aromatic N) is 3. The van der Waals surface area contributed by atoms with E-state index in [0.29, 0.717) is 0 Å². The van der Waals surface area contributed by atoms with Crippen molar-refractivity contribution in [3.63, 3.8) is 0 Å². The molecule has 0 saturated carbocycles. The van der Waals surface area contributed by atoms with Crippen LogP contribution in [0.5, 0.6) is 0 Å². The van der Waals surface area contributed by atoms with Crippen molar-refractivity contribution in [1.82, 2.24) is 4.90 Å². The Labute approximate surface area is 85.9 Å². The molecule has 0 N–H and O–H groups in total. The number of allylic oxidation sites excluding steroid dienone is 3. The van der Waals surface area contributed by atoms with Gasteiger partial charge < -0.3 is 4.90 Å². The highest BCUT2D eigenvalue weighted by atomic mass is 15.1.